The van der Waals surface area contributed by atoms with Crippen LogP contribution < -0.4 is 21.9 Å². The molecule has 57 heavy (non-hydrogen) atoms. The van der Waals surface area contributed by atoms with Gasteiger partial charge in [-0.2, -0.15) is 4.98 Å². The Morgan fingerprint density at radius 3 is 2.19 bits per heavy atom. The molecule has 4 rings (SSSR count). The number of anilines is 1. The summed E-state index contributed by atoms with van der Waals surface area (Å²) in [5.74, 6) is -1.14. The number of fused-ring (bicyclic) bond motifs is 1. The van der Waals surface area contributed by atoms with Crippen LogP contribution in [0.2, 0.25) is 61.9 Å². The highest BCUT2D eigenvalue weighted by molar-refractivity contribution is 6.76. The maximum Gasteiger partial charge on any atom is 0.426 e. The third-order valence-electron chi connectivity index (χ3n) is 11.4. The summed E-state index contributed by atoms with van der Waals surface area (Å²) in [6.45, 7) is 33.4. The largest absolute Gasteiger partial charge is 0.449 e. The van der Waals surface area contributed by atoms with Gasteiger partial charge < -0.3 is 28.6 Å². The predicted octanol–water partition coefficient (Wildman–Crippen LogP) is 8.08. The predicted molar refractivity (Wildman–Crippen MR) is 232 cm³/mol. The SMILES string of the molecule is C=C1[C@H](C(O[Si](C)(C)C(C)(C)C)O[Si](C)(C)C(C)(C)C)CO[C@@H]1n1ccc(NC(=O)c2cccc3[nH]cc(CCC(=O)NNC(=O)OCC[Si](C)(C)C)c23)nc1=O. The Hall–Kier alpha value is -3.88. The molecule has 314 valence electrons. The molecule has 3 amide bonds. The zero-order chi connectivity index (χ0) is 42.7. The van der Waals surface area contributed by atoms with Crippen LogP contribution in [0.15, 0.2) is 53.6 Å². The summed E-state index contributed by atoms with van der Waals surface area (Å²) < 4.78 is 26.6. The number of rotatable bonds is 14. The molecule has 1 saturated heterocycles. The lowest BCUT2D eigenvalue weighted by Crippen LogP contribution is -2.52. The molecule has 0 unspecified atom stereocenters. The van der Waals surface area contributed by atoms with Crippen LogP contribution in [-0.4, -0.2) is 76.7 Å². The number of carbonyl (C=O) groups excluding carboxylic acids is 3. The summed E-state index contributed by atoms with van der Waals surface area (Å²) in [4.78, 5) is 59.0. The van der Waals surface area contributed by atoms with Crippen molar-refractivity contribution in [3.05, 3.63) is 70.4 Å². The van der Waals surface area contributed by atoms with Crippen molar-refractivity contribution < 1.29 is 32.7 Å². The van der Waals surface area contributed by atoms with Crippen LogP contribution in [0.4, 0.5) is 10.6 Å². The molecule has 2 aromatic heterocycles. The maximum absolute atomic E-state index is 13.7. The van der Waals surface area contributed by atoms with Crippen molar-refractivity contribution in [1.82, 2.24) is 25.4 Å². The highest BCUT2D eigenvalue weighted by atomic mass is 28.4. The van der Waals surface area contributed by atoms with E-state index >= 15 is 0 Å². The lowest BCUT2D eigenvalue weighted by molar-refractivity contribution is -0.121. The van der Waals surface area contributed by atoms with E-state index in [4.69, 9.17) is 18.3 Å². The van der Waals surface area contributed by atoms with Gasteiger partial charge in [-0.1, -0.05) is 73.8 Å². The standard InChI is InChI=1S/C40H64N6O8Si3/c1-26-29(36(53-56(11,12)39(2,3)4)54-57(13,14)40(5,6)7)25-52-35(26)46-21-20-31(43-37(46)49)42-34(48)28-16-15-17-30-33(28)27(24-41-30)18-19-32(47)44-45-38(50)51-22-23-55(8,9)10/h15-17,20-21,24,29,35-36,41H,1,18-19,22-23,25H2,2-14H3,(H,44,47)(H,45,50)(H,42,43,48,49)/t29-,35+/m1/s1. The number of aryl methyl sites for hydroxylation is 1. The number of nitrogens with zero attached hydrogens (tertiary/aromatic N) is 2. The lowest BCUT2D eigenvalue weighted by atomic mass is 10.0. The van der Waals surface area contributed by atoms with Crippen molar-refractivity contribution >= 4 is 59.3 Å². The second kappa shape index (κ2) is 17.5. The Bertz CT molecular complexity index is 1980. The van der Waals surface area contributed by atoms with Crippen LogP contribution in [0.5, 0.6) is 0 Å². The molecule has 3 aromatic rings. The first-order chi connectivity index (χ1) is 26.2. The van der Waals surface area contributed by atoms with E-state index in [9.17, 15) is 19.2 Å². The summed E-state index contributed by atoms with van der Waals surface area (Å²) in [6.07, 6.45) is 1.51. The van der Waals surface area contributed by atoms with E-state index in [-0.39, 0.29) is 41.3 Å². The number of hydrazine groups is 1. The molecule has 0 bridgehead atoms. The Labute approximate surface area is 340 Å². The van der Waals surface area contributed by atoms with Gasteiger partial charge in [-0.15, -0.1) is 0 Å². The first kappa shape index (κ1) is 45.8. The molecule has 0 aliphatic carbocycles. The van der Waals surface area contributed by atoms with Crippen LogP contribution in [0.25, 0.3) is 10.9 Å². The van der Waals surface area contributed by atoms with Gasteiger partial charge in [-0.3, -0.25) is 19.6 Å². The number of hydrogen-bond donors (Lipinski definition) is 4. The first-order valence-corrected chi connectivity index (χ1v) is 29.1. The lowest BCUT2D eigenvalue weighted by Gasteiger charge is -2.45. The molecule has 2 atom stereocenters. The summed E-state index contributed by atoms with van der Waals surface area (Å²) in [6, 6.07) is 7.60. The van der Waals surface area contributed by atoms with Crippen LogP contribution in [-0.2, 0) is 29.5 Å². The van der Waals surface area contributed by atoms with Gasteiger partial charge in [0.2, 0.25) is 5.91 Å². The van der Waals surface area contributed by atoms with Crippen molar-refractivity contribution in [1.29, 1.82) is 0 Å². The van der Waals surface area contributed by atoms with E-state index in [1.165, 1.54) is 4.57 Å². The van der Waals surface area contributed by atoms with E-state index in [2.05, 4.69) is 120 Å². The Morgan fingerprint density at radius 1 is 0.982 bits per heavy atom. The molecule has 17 heteroatoms. The molecular weight excluding hydrogens is 777 g/mol. The van der Waals surface area contributed by atoms with E-state index in [1.54, 1.807) is 30.6 Å². The molecule has 1 aromatic carbocycles. The fourth-order valence-electron chi connectivity index (χ4n) is 5.63. The molecular formula is C40H64N6O8Si3. The van der Waals surface area contributed by atoms with Crippen LogP contribution in [0.1, 0.15) is 70.1 Å². The molecule has 0 spiro atoms. The number of nitrogens with one attached hydrogen (secondary N) is 4. The van der Waals surface area contributed by atoms with Crippen molar-refractivity contribution in [2.45, 2.75) is 129 Å². The number of amides is 3. The van der Waals surface area contributed by atoms with Crippen LogP contribution >= 0.6 is 0 Å². The topological polar surface area (TPSA) is 175 Å². The number of hydrogen-bond acceptors (Lipinski definition) is 9. The van der Waals surface area contributed by atoms with Crippen molar-refractivity contribution in [3.8, 4) is 0 Å². The van der Waals surface area contributed by atoms with Gasteiger partial charge in [0.05, 0.1) is 19.1 Å². The van der Waals surface area contributed by atoms with Gasteiger partial charge in [0, 0.05) is 43.4 Å². The fourth-order valence-corrected chi connectivity index (χ4v) is 8.73. The normalized spacial score (nSPS) is 16.9. The quantitative estimate of drug-likeness (QED) is 0.0542. The number of H-pyrrole nitrogens is 1. The summed E-state index contributed by atoms with van der Waals surface area (Å²) in [5, 5.41) is 3.27. The van der Waals surface area contributed by atoms with Gasteiger partial charge in [-0.05, 0) is 78.1 Å². The molecule has 1 fully saturated rings. The molecule has 1 aliphatic heterocycles. The molecule has 1 aliphatic rings. The van der Waals surface area contributed by atoms with E-state index in [0.717, 1.165) is 11.6 Å². The zero-order valence-electron chi connectivity index (χ0n) is 36.1. The minimum Gasteiger partial charge on any atom is -0.449 e. The van der Waals surface area contributed by atoms with Gasteiger partial charge in [0.1, 0.15) is 12.1 Å². The van der Waals surface area contributed by atoms with E-state index < -0.39 is 60.8 Å². The van der Waals surface area contributed by atoms with Crippen molar-refractivity contribution in [3.63, 3.8) is 0 Å². The van der Waals surface area contributed by atoms with Crippen molar-refractivity contribution in [2.75, 3.05) is 18.5 Å². The van der Waals surface area contributed by atoms with Crippen molar-refractivity contribution in [2.24, 2.45) is 5.92 Å². The molecule has 0 saturated carbocycles. The summed E-state index contributed by atoms with van der Waals surface area (Å²) in [7, 11) is -5.94. The van der Waals surface area contributed by atoms with Gasteiger partial charge >= 0.3 is 11.8 Å². The maximum atomic E-state index is 13.7. The smallest absolute Gasteiger partial charge is 0.426 e. The number of aromatic amines is 1. The van der Waals surface area contributed by atoms with Gasteiger partial charge in [-0.25, -0.2) is 15.0 Å². The highest BCUT2D eigenvalue weighted by Gasteiger charge is 2.48. The first-order valence-electron chi connectivity index (χ1n) is 19.6. The van der Waals surface area contributed by atoms with E-state index in [1.807, 2.05) is 6.07 Å². The third kappa shape index (κ3) is 11.6. The second-order valence-electron chi connectivity index (χ2n) is 19.1. The number of carbonyl (C=O) groups is 3. The highest BCUT2D eigenvalue weighted by Crippen LogP contribution is 2.45. The summed E-state index contributed by atoms with van der Waals surface area (Å²) in [5.41, 5.74) is 6.46. The average molecular weight is 841 g/mol. The van der Waals surface area contributed by atoms with Crippen LogP contribution in [0.3, 0.4) is 0 Å². The minimum atomic E-state index is -2.29. The Kier molecular flexibility index (Phi) is 14.1. The van der Waals surface area contributed by atoms with Gasteiger partial charge in [0.25, 0.3) is 5.91 Å². The molecule has 0 radical (unpaired) electrons. The third-order valence-corrected chi connectivity index (χ3v) is 21.9. The molecule has 14 nitrogen and oxygen atoms in total. The average Bonchev–Trinajstić information content (AvgIpc) is 3.67. The number of aromatic nitrogens is 3. The summed E-state index contributed by atoms with van der Waals surface area (Å²) >= 11 is 0. The molecule has 4 N–H and O–H groups in total. The van der Waals surface area contributed by atoms with Crippen LogP contribution in [0, 0.1) is 5.92 Å². The fraction of sp³-hybridized carbons (Fsp3) is 0.575. The Balaban J connectivity index is 1.45. The number of ether oxygens (including phenoxy) is 2. The minimum absolute atomic E-state index is 0.0405. The number of benzene rings is 1. The van der Waals surface area contributed by atoms with E-state index in [0.29, 0.717) is 28.6 Å². The monoisotopic (exact) mass is 840 g/mol. The second-order valence-corrected chi connectivity index (χ2v) is 34.2. The molecule has 3 heterocycles. The zero-order valence-corrected chi connectivity index (χ0v) is 39.1. The van der Waals surface area contributed by atoms with Gasteiger partial charge in [0.15, 0.2) is 22.9 Å². The Morgan fingerprint density at radius 2 is 1.61 bits per heavy atom.